The predicted octanol–water partition coefficient (Wildman–Crippen LogP) is 3.82. The van der Waals surface area contributed by atoms with Gasteiger partial charge in [0.15, 0.2) is 11.5 Å². The normalized spacial score (nSPS) is 16.7. The molecule has 3 aromatic rings. The van der Waals surface area contributed by atoms with Crippen LogP contribution in [0.4, 0.5) is 5.69 Å². The van der Waals surface area contributed by atoms with Crippen LogP contribution in [0.3, 0.4) is 0 Å². The van der Waals surface area contributed by atoms with Crippen molar-refractivity contribution in [3.63, 3.8) is 0 Å². The Morgan fingerprint density at radius 3 is 2.68 bits per heavy atom. The minimum atomic E-state index is -1.02. The number of Topliss-reactive ketones (excluding diaryl/α,β-unsaturated/α-hetero) is 1. The molecule has 1 aliphatic heterocycles. The van der Waals surface area contributed by atoms with E-state index in [0.29, 0.717) is 5.56 Å². The molecule has 4 rings (SSSR count). The summed E-state index contributed by atoms with van der Waals surface area (Å²) in [5.74, 6) is -2.48. The molecule has 8 heteroatoms. The number of amides is 1. The number of aliphatic hydroxyl groups is 1. The number of phenolic OH excluding ortho intramolecular Hbond substituents is 1. The number of phenols is 1. The molecular formula is C20H13ClN2O5. The number of ketones is 1. The first kappa shape index (κ1) is 17.8. The molecule has 1 aliphatic rings. The minimum absolute atomic E-state index is 0.0274. The summed E-state index contributed by atoms with van der Waals surface area (Å²) in [6, 6.07) is 9.41. The average molecular weight is 397 g/mol. The Kier molecular flexibility index (Phi) is 4.37. The standard InChI is InChI=1S/C20H13ClN2O5/c21-12-5-6-14(24)13(9-12)23-17(11-3-1-7-22-10-11)16(19(26)20(23)27)18(25)15-4-2-8-28-15/h1-10,17,24,26H. The Morgan fingerprint density at radius 1 is 1.18 bits per heavy atom. The van der Waals surface area contributed by atoms with Crippen LogP contribution >= 0.6 is 11.6 Å². The van der Waals surface area contributed by atoms with Crippen molar-refractivity contribution in [2.45, 2.75) is 6.04 Å². The van der Waals surface area contributed by atoms with Crippen molar-refractivity contribution in [1.82, 2.24) is 4.98 Å². The molecule has 0 fully saturated rings. The van der Waals surface area contributed by atoms with Crippen molar-refractivity contribution in [2.75, 3.05) is 4.90 Å². The number of furan rings is 1. The number of pyridine rings is 1. The highest BCUT2D eigenvalue weighted by atomic mass is 35.5. The maximum Gasteiger partial charge on any atom is 0.294 e. The summed E-state index contributed by atoms with van der Waals surface area (Å²) >= 11 is 6.03. The zero-order valence-electron chi connectivity index (χ0n) is 14.2. The second-order valence-corrected chi connectivity index (χ2v) is 6.50. The van der Waals surface area contributed by atoms with Gasteiger partial charge in [-0.05, 0) is 42.0 Å². The fraction of sp³-hybridized carbons (Fsp3) is 0.0500. The zero-order chi connectivity index (χ0) is 19.8. The van der Waals surface area contributed by atoms with E-state index < -0.39 is 23.5 Å². The summed E-state index contributed by atoms with van der Waals surface area (Å²) in [6.45, 7) is 0. The molecule has 1 unspecified atom stereocenters. The number of halogens is 1. The van der Waals surface area contributed by atoms with E-state index >= 15 is 0 Å². The number of carbonyl (C=O) groups is 2. The first-order valence-corrected chi connectivity index (χ1v) is 8.60. The summed E-state index contributed by atoms with van der Waals surface area (Å²) in [7, 11) is 0. The van der Waals surface area contributed by atoms with Gasteiger partial charge in [-0.15, -0.1) is 0 Å². The van der Waals surface area contributed by atoms with Crippen molar-refractivity contribution < 1.29 is 24.2 Å². The number of aliphatic hydroxyl groups excluding tert-OH is 1. The second kappa shape index (κ2) is 6.86. The lowest BCUT2D eigenvalue weighted by Crippen LogP contribution is -2.31. The van der Waals surface area contributed by atoms with Crippen molar-refractivity contribution >= 4 is 29.0 Å². The van der Waals surface area contributed by atoms with E-state index in [9.17, 15) is 19.8 Å². The van der Waals surface area contributed by atoms with E-state index in [1.807, 2.05) is 0 Å². The molecule has 2 aromatic heterocycles. The van der Waals surface area contributed by atoms with Crippen LogP contribution in [0.25, 0.3) is 0 Å². The molecule has 3 heterocycles. The van der Waals surface area contributed by atoms with Crippen LogP contribution in [-0.2, 0) is 4.79 Å². The zero-order valence-corrected chi connectivity index (χ0v) is 15.0. The summed E-state index contributed by atoms with van der Waals surface area (Å²) in [5.41, 5.74) is 0.349. The maximum atomic E-state index is 13.0. The van der Waals surface area contributed by atoms with Gasteiger partial charge in [-0.2, -0.15) is 0 Å². The van der Waals surface area contributed by atoms with E-state index in [2.05, 4.69) is 4.98 Å². The SMILES string of the molecule is O=C(C1=C(O)C(=O)N(c2cc(Cl)ccc2O)C1c1cccnc1)c1ccco1. The molecule has 2 N–H and O–H groups in total. The number of aromatic hydroxyl groups is 1. The predicted molar refractivity (Wildman–Crippen MR) is 100 cm³/mol. The first-order chi connectivity index (χ1) is 13.5. The summed E-state index contributed by atoms with van der Waals surface area (Å²) < 4.78 is 5.15. The highest BCUT2D eigenvalue weighted by Crippen LogP contribution is 2.45. The number of aromatic nitrogens is 1. The second-order valence-electron chi connectivity index (χ2n) is 6.07. The lowest BCUT2D eigenvalue weighted by molar-refractivity contribution is -0.117. The van der Waals surface area contributed by atoms with E-state index in [1.54, 1.807) is 18.3 Å². The lowest BCUT2D eigenvalue weighted by atomic mass is 9.96. The lowest BCUT2D eigenvalue weighted by Gasteiger charge is -2.27. The van der Waals surface area contributed by atoms with Crippen LogP contribution in [-0.4, -0.2) is 26.9 Å². The highest BCUT2D eigenvalue weighted by Gasteiger charge is 2.46. The van der Waals surface area contributed by atoms with Gasteiger partial charge in [0.05, 0.1) is 23.6 Å². The van der Waals surface area contributed by atoms with Gasteiger partial charge < -0.3 is 14.6 Å². The summed E-state index contributed by atoms with van der Waals surface area (Å²) in [4.78, 5) is 31.0. The molecule has 0 bridgehead atoms. The molecular weight excluding hydrogens is 384 g/mol. The maximum absolute atomic E-state index is 13.0. The molecule has 28 heavy (non-hydrogen) atoms. The Morgan fingerprint density at radius 2 is 2.00 bits per heavy atom. The Bertz CT molecular complexity index is 1090. The number of nitrogens with zero attached hydrogens (tertiary/aromatic N) is 2. The van der Waals surface area contributed by atoms with Gasteiger partial charge in [0.2, 0.25) is 5.78 Å². The van der Waals surface area contributed by atoms with Gasteiger partial charge >= 0.3 is 0 Å². The van der Waals surface area contributed by atoms with E-state index in [1.165, 1.54) is 42.8 Å². The molecule has 1 amide bonds. The van der Waals surface area contributed by atoms with Gasteiger partial charge in [0.1, 0.15) is 5.75 Å². The van der Waals surface area contributed by atoms with Gasteiger partial charge in [-0.1, -0.05) is 17.7 Å². The van der Waals surface area contributed by atoms with Gasteiger partial charge in [-0.25, -0.2) is 0 Å². The van der Waals surface area contributed by atoms with Gasteiger partial charge in [0, 0.05) is 17.4 Å². The van der Waals surface area contributed by atoms with Crippen LogP contribution in [0, 0.1) is 0 Å². The topological polar surface area (TPSA) is 104 Å². The third-order valence-electron chi connectivity index (χ3n) is 4.39. The third kappa shape index (κ3) is 2.82. The van der Waals surface area contributed by atoms with Crippen molar-refractivity contribution in [3.8, 4) is 5.75 Å². The minimum Gasteiger partial charge on any atom is -0.506 e. The molecule has 140 valence electrons. The number of carbonyl (C=O) groups excluding carboxylic acids is 2. The van der Waals surface area contributed by atoms with Crippen LogP contribution < -0.4 is 4.90 Å². The van der Waals surface area contributed by atoms with Crippen molar-refractivity contribution in [1.29, 1.82) is 0 Å². The number of rotatable bonds is 4. The Hall–Kier alpha value is -3.58. The first-order valence-electron chi connectivity index (χ1n) is 8.22. The molecule has 0 aliphatic carbocycles. The smallest absolute Gasteiger partial charge is 0.294 e. The van der Waals surface area contributed by atoms with Crippen LogP contribution in [0.5, 0.6) is 5.75 Å². The van der Waals surface area contributed by atoms with Crippen LogP contribution in [0.15, 0.2) is 76.9 Å². The monoisotopic (exact) mass is 396 g/mol. The molecule has 7 nitrogen and oxygen atoms in total. The number of hydrogen-bond acceptors (Lipinski definition) is 6. The van der Waals surface area contributed by atoms with Crippen LogP contribution in [0.2, 0.25) is 5.02 Å². The highest BCUT2D eigenvalue weighted by molar-refractivity contribution is 6.31. The van der Waals surface area contributed by atoms with E-state index in [4.69, 9.17) is 16.0 Å². The number of anilines is 1. The fourth-order valence-corrected chi connectivity index (χ4v) is 3.34. The van der Waals surface area contributed by atoms with Gasteiger partial charge in [-0.3, -0.25) is 19.5 Å². The molecule has 0 saturated heterocycles. The fourth-order valence-electron chi connectivity index (χ4n) is 3.17. The Labute approximate surface area is 164 Å². The van der Waals surface area contributed by atoms with Crippen molar-refractivity contribution in [2.24, 2.45) is 0 Å². The van der Waals surface area contributed by atoms with Crippen LogP contribution in [0.1, 0.15) is 22.2 Å². The average Bonchev–Trinajstić information content (AvgIpc) is 3.32. The molecule has 0 spiro atoms. The van der Waals surface area contributed by atoms with E-state index in [-0.39, 0.29) is 27.8 Å². The quantitative estimate of drug-likeness (QED) is 0.650. The summed E-state index contributed by atoms with van der Waals surface area (Å²) in [5, 5.41) is 21.1. The number of benzene rings is 1. The molecule has 1 atom stereocenters. The van der Waals surface area contributed by atoms with Crippen molar-refractivity contribution in [3.05, 3.63) is 88.8 Å². The largest absolute Gasteiger partial charge is 0.506 e. The van der Waals surface area contributed by atoms with E-state index in [0.717, 1.165) is 4.90 Å². The molecule has 0 saturated carbocycles. The van der Waals surface area contributed by atoms with Gasteiger partial charge in [0.25, 0.3) is 5.91 Å². The number of hydrogen-bond donors (Lipinski definition) is 2. The third-order valence-corrected chi connectivity index (χ3v) is 4.63. The summed E-state index contributed by atoms with van der Waals surface area (Å²) in [6.07, 6.45) is 4.33. The Balaban J connectivity index is 1.92. The molecule has 1 aromatic carbocycles. The molecule has 0 radical (unpaired) electrons.